The summed E-state index contributed by atoms with van der Waals surface area (Å²) in [7, 11) is 0. The standard InChI is InChI=1S/C26H27N3O5.BrH/c30-24(28-23-8-4-5-12-27-23)17-29-13-9-19(10-14-29)22(16-29)34-25(31)26(32,21-11-15-33-18-21)20-6-2-1-3-7-20;/h1-8,11-12,15,18-19,22,32H,9-10,13-14,16-17H2;1H/t19?,22?,26-,29?;/m1./s1. The van der Waals surface area contributed by atoms with Crippen LogP contribution < -0.4 is 22.3 Å². The van der Waals surface area contributed by atoms with Crippen LogP contribution in [0.1, 0.15) is 24.0 Å². The molecule has 3 aliphatic rings. The van der Waals surface area contributed by atoms with Crippen LogP contribution in [0.5, 0.6) is 0 Å². The molecule has 5 heterocycles. The Bertz CT molecular complexity index is 1130. The highest BCUT2D eigenvalue weighted by Gasteiger charge is 2.51. The first-order valence-electron chi connectivity index (χ1n) is 11.6. The number of aromatic nitrogens is 1. The number of benzene rings is 1. The van der Waals surface area contributed by atoms with E-state index >= 15 is 0 Å². The van der Waals surface area contributed by atoms with E-state index in [1.807, 2.05) is 12.1 Å². The number of esters is 1. The fourth-order valence-electron chi connectivity index (χ4n) is 5.28. The number of furan rings is 1. The fourth-order valence-corrected chi connectivity index (χ4v) is 5.28. The van der Waals surface area contributed by atoms with Crippen LogP contribution in [0, 0.1) is 5.92 Å². The molecule has 6 rings (SSSR count). The largest absolute Gasteiger partial charge is 1.00 e. The third kappa shape index (κ3) is 5.03. The van der Waals surface area contributed by atoms with Crippen molar-refractivity contribution in [3.05, 3.63) is 84.4 Å². The summed E-state index contributed by atoms with van der Waals surface area (Å²) < 4.78 is 11.7. The van der Waals surface area contributed by atoms with Gasteiger partial charge in [-0.2, -0.15) is 0 Å². The molecule has 1 amide bonds. The molecular formula is C26H28BrN3O5. The van der Waals surface area contributed by atoms with Gasteiger partial charge in [-0.1, -0.05) is 36.4 Å². The third-order valence-electron chi connectivity index (χ3n) is 7.14. The van der Waals surface area contributed by atoms with Crippen LogP contribution in [0.25, 0.3) is 0 Å². The van der Waals surface area contributed by atoms with Crippen LogP contribution in [-0.2, 0) is 19.9 Å². The number of fused-ring (bicyclic) bond motifs is 3. The van der Waals surface area contributed by atoms with E-state index in [1.165, 1.54) is 12.5 Å². The van der Waals surface area contributed by atoms with E-state index in [2.05, 4.69) is 10.3 Å². The van der Waals surface area contributed by atoms with Gasteiger partial charge < -0.3 is 41.0 Å². The molecule has 0 saturated carbocycles. The number of anilines is 1. The van der Waals surface area contributed by atoms with Gasteiger partial charge in [-0.25, -0.2) is 9.78 Å². The van der Waals surface area contributed by atoms with Crippen molar-refractivity contribution >= 4 is 17.7 Å². The van der Waals surface area contributed by atoms with Crippen molar-refractivity contribution in [2.24, 2.45) is 5.92 Å². The maximum atomic E-state index is 13.5. The molecular weight excluding hydrogens is 514 g/mol. The van der Waals surface area contributed by atoms with Crippen LogP contribution in [-0.4, -0.2) is 58.7 Å². The number of pyridine rings is 1. The summed E-state index contributed by atoms with van der Waals surface area (Å²) in [6.07, 6.45) is 5.78. The number of carbonyl (C=O) groups excluding carboxylic acids is 2. The molecule has 2 bridgehead atoms. The monoisotopic (exact) mass is 541 g/mol. The molecule has 184 valence electrons. The lowest BCUT2D eigenvalue weighted by atomic mass is 9.82. The Kier molecular flexibility index (Phi) is 7.39. The number of quaternary nitrogens is 1. The smallest absolute Gasteiger partial charge is 0.348 e. The van der Waals surface area contributed by atoms with Gasteiger partial charge in [0.05, 0.1) is 25.6 Å². The van der Waals surface area contributed by atoms with E-state index < -0.39 is 11.6 Å². The van der Waals surface area contributed by atoms with Gasteiger partial charge in [-0.05, 0) is 23.8 Å². The van der Waals surface area contributed by atoms with E-state index in [-0.39, 0.29) is 34.9 Å². The number of rotatable bonds is 7. The summed E-state index contributed by atoms with van der Waals surface area (Å²) in [6, 6.07) is 15.7. The maximum Gasteiger partial charge on any atom is 0.348 e. The Morgan fingerprint density at radius 2 is 1.83 bits per heavy atom. The van der Waals surface area contributed by atoms with Crippen LogP contribution in [0.2, 0.25) is 0 Å². The minimum Gasteiger partial charge on any atom is -1.00 e. The predicted molar refractivity (Wildman–Crippen MR) is 123 cm³/mol. The van der Waals surface area contributed by atoms with Gasteiger partial charge in [-0.15, -0.1) is 0 Å². The number of carbonyl (C=O) groups is 2. The van der Waals surface area contributed by atoms with Crippen LogP contribution in [0.15, 0.2) is 77.7 Å². The molecule has 3 aromatic rings. The highest BCUT2D eigenvalue weighted by molar-refractivity contribution is 5.90. The zero-order chi connectivity index (χ0) is 23.6. The molecule has 3 saturated heterocycles. The molecule has 0 radical (unpaired) electrons. The summed E-state index contributed by atoms with van der Waals surface area (Å²) >= 11 is 0. The molecule has 3 fully saturated rings. The molecule has 2 atom stereocenters. The summed E-state index contributed by atoms with van der Waals surface area (Å²) in [5.74, 6) is -0.0981. The van der Waals surface area contributed by atoms with Gasteiger partial charge in [0.1, 0.15) is 12.4 Å². The molecule has 0 aliphatic carbocycles. The van der Waals surface area contributed by atoms with Crippen molar-refractivity contribution in [2.45, 2.75) is 24.5 Å². The van der Waals surface area contributed by atoms with Gasteiger partial charge in [0.15, 0.2) is 12.6 Å². The third-order valence-corrected chi connectivity index (χ3v) is 7.14. The van der Waals surface area contributed by atoms with Gasteiger partial charge in [0.25, 0.3) is 5.91 Å². The Labute approximate surface area is 214 Å². The van der Waals surface area contributed by atoms with Crippen LogP contribution >= 0.6 is 0 Å². The normalized spacial score (nSPS) is 24.6. The summed E-state index contributed by atoms with van der Waals surface area (Å²) in [5.41, 5.74) is -1.23. The Balaban J connectivity index is 0.00000289. The first-order valence-corrected chi connectivity index (χ1v) is 11.6. The van der Waals surface area contributed by atoms with Crippen molar-refractivity contribution in [3.63, 3.8) is 0 Å². The number of hydrogen-bond donors (Lipinski definition) is 2. The molecule has 1 unspecified atom stereocenters. The molecule has 0 spiro atoms. The maximum absolute atomic E-state index is 13.5. The highest BCUT2D eigenvalue weighted by atomic mass is 79.9. The zero-order valence-electron chi connectivity index (χ0n) is 19.2. The number of amides is 1. The lowest BCUT2D eigenvalue weighted by molar-refractivity contribution is -0.939. The molecule has 9 heteroatoms. The first kappa shape index (κ1) is 25.1. The van der Waals surface area contributed by atoms with Gasteiger partial charge in [0, 0.05) is 30.5 Å². The molecule has 1 aromatic carbocycles. The lowest BCUT2D eigenvalue weighted by Gasteiger charge is -2.51. The molecule has 2 N–H and O–H groups in total. The second-order valence-corrected chi connectivity index (χ2v) is 9.26. The average Bonchev–Trinajstić information content (AvgIpc) is 3.40. The van der Waals surface area contributed by atoms with Crippen LogP contribution in [0.3, 0.4) is 0 Å². The SMILES string of the molecule is O=C(C[N+]12CCC(CC1)C(OC(=O)[C@@](O)(c1ccccc1)c1ccoc1)C2)Nc1ccccn1.[Br-]. The average molecular weight is 542 g/mol. The molecule has 3 aliphatic heterocycles. The van der Waals surface area contributed by atoms with Crippen LogP contribution in [0.4, 0.5) is 5.82 Å². The highest BCUT2D eigenvalue weighted by Crippen LogP contribution is 2.38. The Morgan fingerprint density at radius 1 is 1.09 bits per heavy atom. The molecule has 2 aromatic heterocycles. The quantitative estimate of drug-likeness (QED) is 0.314. The zero-order valence-corrected chi connectivity index (χ0v) is 20.8. The number of nitrogens with zero attached hydrogens (tertiary/aromatic N) is 2. The second-order valence-electron chi connectivity index (χ2n) is 9.26. The topological polar surface area (TPSA) is 102 Å². The van der Waals surface area contributed by atoms with Crippen molar-refractivity contribution in [2.75, 3.05) is 31.5 Å². The van der Waals surface area contributed by atoms with E-state index in [0.29, 0.717) is 34.5 Å². The van der Waals surface area contributed by atoms with E-state index in [0.717, 1.165) is 25.9 Å². The summed E-state index contributed by atoms with van der Waals surface area (Å²) in [6.45, 7) is 2.56. The number of ether oxygens (including phenoxy) is 1. The molecule has 8 nitrogen and oxygen atoms in total. The molecule has 35 heavy (non-hydrogen) atoms. The van der Waals surface area contributed by atoms with E-state index in [4.69, 9.17) is 9.15 Å². The van der Waals surface area contributed by atoms with Crippen molar-refractivity contribution in [1.82, 2.24) is 4.98 Å². The van der Waals surface area contributed by atoms with Crippen molar-refractivity contribution in [3.8, 4) is 0 Å². The van der Waals surface area contributed by atoms with E-state index in [9.17, 15) is 14.7 Å². The second kappa shape index (κ2) is 10.3. The van der Waals surface area contributed by atoms with E-state index in [1.54, 1.807) is 48.7 Å². The van der Waals surface area contributed by atoms with Gasteiger partial charge in [0.2, 0.25) is 5.60 Å². The number of halogens is 1. The summed E-state index contributed by atoms with van der Waals surface area (Å²) in [5, 5.41) is 14.4. The summed E-state index contributed by atoms with van der Waals surface area (Å²) in [4.78, 5) is 30.4. The fraction of sp³-hybridized carbons (Fsp3) is 0.346. The Hall–Kier alpha value is -3.01. The van der Waals surface area contributed by atoms with Crippen molar-refractivity contribution in [1.29, 1.82) is 0 Å². The number of aliphatic hydroxyl groups is 1. The number of nitrogens with one attached hydrogen (secondary N) is 1. The minimum absolute atomic E-state index is 0. The predicted octanol–water partition coefficient (Wildman–Crippen LogP) is -0.295. The first-order chi connectivity index (χ1) is 16.5. The number of piperidine rings is 3. The number of hydrogen-bond acceptors (Lipinski definition) is 6. The lowest BCUT2D eigenvalue weighted by Crippen LogP contribution is -3.00. The van der Waals surface area contributed by atoms with Crippen molar-refractivity contribution < 1.29 is 45.3 Å². The van der Waals surface area contributed by atoms with Gasteiger partial charge >= 0.3 is 5.97 Å². The minimum atomic E-state index is -1.97. The Morgan fingerprint density at radius 3 is 2.49 bits per heavy atom. The van der Waals surface area contributed by atoms with Gasteiger partial charge in [-0.3, -0.25) is 4.79 Å².